The minimum atomic E-state index is -0.972. The molecule has 2 N–H and O–H groups in total. The number of aliphatic carboxylic acids is 1. The number of fused-ring (bicyclic) bond motifs is 1. The molecule has 27 heavy (non-hydrogen) atoms. The van der Waals surface area contributed by atoms with Crippen LogP contribution in [0.3, 0.4) is 0 Å². The number of benzene rings is 1. The Morgan fingerprint density at radius 1 is 1.22 bits per heavy atom. The predicted molar refractivity (Wildman–Crippen MR) is 104 cm³/mol. The third-order valence-corrected chi connectivity index (χ3v) is 6.41. The van der Waals surface area contributed by atoms with Gasteiger partial charge >= 0.3 is 5.97 Å². The van der Waals surface area contributed by atoms with Crippen LogP contribution in [0.5, 0.6) is 5.75 Å². The average molecular weight is 373 g/mol. The first-order valence-electron chi connectivity index (χ1n) is 10.1. The molecule has 1 fully saturated rings. The van der Waals surface area contributed by atoms with E-state index in [0.29, 0.717) is 17.7 Å². The molecule has 1 aromatic rings. The van der Waals surface area contributed by atoms with Crippen molar-refractivity contribution in [2.24, 2.45) is 11.8 Å². The van der Waals surface area contributed by atoms with E-state index < -0.39 is 5.97 Å². The number of nitrogens with one attached hydrogen (secondary N) is 1. The van der Waals surface area contributed by atoms with E-state index in [1.54, 1.807) is 0 Å². The SMILES string of the molecule is Cc1cc(OCC(=O)O)c(C)c2c1CC[C@@H]([C@H](C)C(=O)NC1CCCC1)C2. The molecule has 0 spiro atoms. The van der Waals surface area contributed by atoms with Crippen LogP contribution in [0, 0.1) is 25.7 Å². The number of carboxylic acids is 1. The molecule has 0 saturated heterocycles. The van der Waals surface area contributed by atoms with Gasteiger partial charge in [-0.25, -0.2) is 4.79 Å². The maximum Gasteiger partial charge on any atom is 0.341 e. The monoisotopic (exact) mass is 373 g/mol. The molecule has 0 radical (unpaired) electrons. The summed E-state index contributed by atoms with van der Waals surface area (Å²) in [6, 6.07) is 2.31. The molecule has 1 saturated carbocycles. The minimum absolute atomic E-state index is 0.0120. The van der Waals surface area contributed by atoms with Gasteiger partial charge in [0, 0.05) is 12.0 Å². The molecule has 1 aromatic carbocycles. The Bertz CT molecular complexity index is 722. The average Bonchev–Trinajstić information content (AvgIpc) is 3.15. The van der Waals surface area contributed by atoms with E-state index >= 15 is 0 Å². The Labute approximate surface area is 161 Å². The minimum Gasteiger partial charge on any atom is -0.482 e. The van der Waals surface area contributed by atoms with Crippen LogP contribution in [-0.4, -0.2) is 29.6 Å². The maximum absolute atomic E-state index is 12.7. The molecule has 0 heterocycles. The molecule has 2 aliphatic carbocycles. The lowest BCUT2D eigenvalue weighted by Crippen LogP contribution is -2.40. The summed E-state index contributed by atoms with van der Waals surface area (Å²) >= 11 is 0. The number of hydrogen-bond donors (Lipinski definition) is 2. The highest BCUT2D eigenvalue weighted by Crippen LogP contribution is 2.37. The van der Waals surface area contributed by atoms with Gasteiger partial charge < -0.3 is 15.2 Å². The van der Waals surface area contributed by atoms with E-state index in [1.165, 1.54) is 24.0 Å². The summed E-state index contributed by atoms with van der Waals surface area (Å²) in [5, 5.41) is 12.1. The fourth-order valence-electron chi connectivity index (χ4n) is 4.66. The van der Waals surface area contributed by atoms with Gasteiger partial charge in [-0.3, -0.25) is 4.79 Å². The van der Waals surface area contributed by atoms with Crippen molar-refractivity contribution in [3.05, 3.63) is 28.3 Å². The largest absolute Gasteiger partial charge is 0.482 e. The van der Waals surface area contributed by atoms with Crippen LogP contribution in [0.25, 0.3) is 0 Å². The summed E-state index contributed by atoms with van der Waals surface area (Å²) in [6.45, 7) is 5.78. The van der Waals surface area contributed by atoms with Crippen LogP contribution >= 0.6 is 0 Å². The fraction of sp³-hybridized carbons (Fsp3) is 0.636. The van der Waals surface area contributed by atoms with Gasteiger partial charge in [0.1, 0.15) is 5.75 Å². The van der Waals surface area contributed by atoms with Gasteiger partial charge in [-0.05, 0) is 80.2 Å². The van der Waals surface area contributed by atoms with Gasteiger partial charge in [-0.15, -0.1) is 0 Å². The first-order chi connectivity index (χ1) is 12.9. The van der Waals surface area contributed by atoms with Crippen molar-refractivity contribution in [1.82, 2.24) is 5.32 Å². The lowest BCUT2D eigenvalue weighted by Gasteiger charge is -2.32. The number of carboxylic acid groups (broad SMARTS) is 1. The molecule has 2 atom stereocenters. The van der Waals surface area contributed by atoms with Crippen molar-refractivity contribution in [3.63, 3.8) is 0 Å². The summed E-state index contributed by atoms with van der Waals surface area (Å²) in [7, 11) is 0. The summed E-state index contributed by atoms with van der Waals surface area (Å²) in [6.07, 6.45) is 7.48. The second-order valence-corrected chi connectivity index (χ2v) is 8.24. The Kier molecular flexibility index (Phi) is 6.08. The zero-order valence-corrected chi connectivity index (χ0v) is 16.6. The fourth-order valence-corrected chi connectivity index (χ4v) is 4.66. The van der Waals surface area contributed by atoms with Crippen molar-refractivity contribution >= 4 is 11.9 Å². The van der Waals surface area contributed by atoms with Crippen molar-refractivity contribution in [2.75, 3.05) is 6.61 Å². The first kappa shape index (κ1) is 19.7. The highest BCUT2D eigenvalue weighted by molar-refractivity contribution is 5.79. The number of carbonyl (C=O) groups is 2. The number of ether oxygens (including phenoxy) is 1. The van der Waals surface area contributed by atoms with E-state index in [0.717, 1.165) is 43.2 Å². The van der Waals surface area contributed by atoms with Gasteiger partial charge in [0.2, 0.25) is 5.91 Å². The standard InChI is InChI=1S/C22H31NO4/c1-13-10-20(27-12-21(24)25)15(3)19-11-16(8-9-18(13)19)14(2)22(26)23-17-6-4-5-7-17/h10,14,16-17H,4-9,11-12H2,1-3H3,(H,23,26)(H,24,25)/t14-,16+/m0/s1. The summed E-state index contributed by atoms with van der Waals surface area (Å²) in [5.41, 5.74) is 4.75. The van der Waals surface area contributed by atoms with E-state index in [4.69, 9.17) is 9.84 Å². The lowest BCUT2D eigenvalue weighted by atomic mass is 9.74. The summed E-state index contributed by atoms with van der Waals surface area (Å²) in [4.78, 5) is 23.6. The van der Waals surface area contributed by atoms with Crippen LogP contribution in [0.2, 0.25) is 0 Å². The van der Waals surface area contributed by atoms with Gasteiger partial charge in [-0.2, -0.15) is 0 Å². The number of aryl methyl sites for hydroxylation is 1. The molecular weight excluding hydrogens is 342 g/mol. The molecule has 0 unspecified atom stereocenters. The number of carbonyl (C=O) groups excluding carboxylic acids is 1. The molecule has 1 amide bonds. The Morgan fingerprint density at radius 2 is 1.93 bits per heavy atom. The molecule has 2 aliphatic rings. The van der Waals surface area contributed by atoms with E-state index in [9.17, 15) is 9.59 Å². The highest BCUT2D eigenvalue weighted by Gasteiger charge is 2.31. The lowest BCUT2D eigenvalue weighted by molar-refractivity contribution is -0.139. The van der Waals surface area contributed by atoms with Gasteiger partial charge in [0.15, 0.2) is 6.61 Å². The quantitative estimate of drug-likeness (QED) is 0.799. The summed E-state index contributed by atoms with van der Waals surface area (Å²) in [5.74, 6) is 0.161. The van der Waals surface area contributed by atoms with Crippen molar-refractivity contribution in [3.8, 4) is 5.75 Å². The third kappa shape index (κ3) is 4.45. The molecule has 0 aliphatic heterocycles. The van der Waals surface area contributed by atoms with E-state index in [2.05, 4.69) is 12.2 Å². The Morgan fingerprint density at radius 3 is 2.59 bits per heavy atom. The molecular formula is C22H31NO4. The van der Waals surface area contributed by atoms with Gasteiger partial charge in [0.05, 0.1) is 0 Å². The molecule has 5 heteroatoms. The topological polar surface area (TPSA) is 75.6 Å². The van der Waals surface area contributed by atoms with Crippen LogP contribution in [0.1, 0.15) is 61.3 Å². The highest BCUT2D eigenvalue weighted by atomic mass is 16.5. The van der Waals surface area contributed by atoms with Crippen LogP contribution in [0.4, 0.5) is 0 Å². The smallest absolute Gasteiger partial charge is 0.341 e. The third-order valence-electron chi connectivity index (χ3n) is 6.41. The Hall–Kier alpha value is -2.04. The second kappa shape index (κ2) is 8.32. The first-order valence-corrected chi connectivity index (χ1v) is 10.1. The van der Waals surface area contributed by atoms with Crippen molar-refractivity contribution < 1.29 is 19.4 Å². The van der Waals surface area contributed by atoms with Crippen LogP contribution in [0.15, 0.2) is 6.07 Å². The Balaban J connectivity index is 1.73. The van der Waals surface area contributed by atoms with Crippen molar-refractivity contribution in [1.29, 1.82) is 0 Å². The molecule has 0 aromatic heterocycles. The normalized spacial score (nSPS) is 20.8. The predicted octanol–water partition coefficient (Wildman–Crippen LogP) is 3.57. The van der Waals surface area contributed by atoms with E-state index in [-0.39, 0.29) is 18.4 Å². The van der Waals surface area contributed by atoms with Crippen LogP contribution < -0.4 is 10.1 Å². The number of rotatable bonds is 6. The second-order valence-electron chi connectivity index (χ2n) is 8.24. The number of amides is 1. The van der Waals surface area contributed by atoms with Gasteiger partial charge in [-0.1, -0.05) is 19.8 Å². The number of hydrogen-bond acceptors (Lipinski definition) is 3. The summed E-state index contributed by atoms with van der Waals surface area (Å²) < 4.78 is 5.50. The maximum atomic E-state index is 12.7. The molecule has 148 valence electrons. The molecule has 5 nitrogen and oxygen atoms in total. The molecule has 0 bridgehead atoms. The van der Waals surface area contributed by atoms with Crippen molar-refractivity contribution in [2.45, 2.75) is 71.8 Å². The zero-order valence-electron chi connectivity index (χ0n) is 16.6. The van der Waals surface area contributed by atoms with E-state index in [1.807, 2.05) is 19.9 Å². The zero-order chi connectivity index (χ0) is 19.6. The molecule has 3 rings (SSSR count). The van der Waals surface area contributed by atoms with Crippen LogP contribution in [-0.2, 0) is 22.4 Å². The van der Waals surface area contributed by atoms with Gasteiger partial charge in [0.25, 0.3) is 0 Å².